The number of carbonyl (C=O) groups excluding carboxylic acids is 1. The molecule has 0 heterocycles. The molecule has 9 nitrogen and oxygen atoms in total. The average molecular weight is 280 g/mol. The van der Waals surface area contributed by atoms with Crippen molar-refractivity contribution >= 4 is 24.3 Å². The van der Waals surface area contributed by atoms with Gasteiger partial charge in [-0.2, -0.15) is 0 Å². The molecule has 4 N–H and O–H groups in total. The molecular weight excluding hydrogens is 260 g/mol. The Kier molecular flexibility index (Phi) is 16.1. The van der Waals surface area contributed by atoms with E-state index < -0.39 is 11.9 Å². The molecule has 0 aliphatic rings. The molecule has 0 aromatic rings. The fraction of sp³-hybridized carbons (Fsp3) is 0.600. The van der Waals surface area contributed by atoms with Crippen LogP contribution in [0.2, 0.25) is 0 Å². The number of hydrogen-bond acceptors (Lipinski definition) is 5. The predicted molar refractivity (Wildman–Crippen MR) is 65.8 cm³/mol. The van der Waals surface area contributed by atoms with Crippen LogP contribution in [0.4, 0.5) is 0 Å². The summed E-state index contributed by atoms with van der Waals surface area (Å²) in [5.41, 5.74) is 0. The van der Waals surface area contributed by atoms with Gasteiger partial charge in [0.2, 0.25) is 5.91 Å². The molecule has 0 aromatic carbocycles. The van der Waals surface area contributed by atoms with E-state index in [0.717, 1.165) is 0 Å². The lowest BCUT2D eigenvalue weighted by atomic mass is 10.4. The molecule has 0 aliphatic carbocycles. The minimum atomic E-state index is -1.10. The van der Waals surface area contributed by atoms with E-state index in [4.69, 9.17) is 20.1 Å². The molecule has 0 atom stereocenters. The maximum Gasteiger partial charge on any atom is 0.317 e. The van der Waals surface area contributed by atoms with Crippen molar-refractivity contribution in [2.45, 2.75) is 14.4 Å². The van der Waals surface area contributed by atoms with Crippen molar-refractivity contribution in [1.82, 2.24) is 10.2 Å². The van der Waals surface area contributed by atoms with Crippen LogP contribution in [-0.4, -0.2) is 70.7 Å². The first kappa shape index (κ1) is 22.1. The van der Waals surface area contributed by atoms with Crippen molar-refractivity contribution in [2.24, 2.45) is 0 Å². The first-order chi connectivity index (χ1) is 8.33. The molecule has 112 valence electrons. The molecule has 1 amide bonds. The Labute approximate surface area is 110 Å². The summed E-state index contributed by atoms with van der Waals surface area (Å²) in [5.74, 6) is -2.43. The highest BCUT2D eigenvalue weighted by Gasteiger charge is 2.12. The minimum absolute atomic E-state index is 0. The second-order valence-corrected chi connectivity index (χ2v) is 3.09. The van der Waals surface area contributed by atoms with Crippen LogP contribution in [0.25, 0.3) is 0 Å². The van der Waals surface area contributed by atoms with Gasteiger partial charge in [0.25, 0.3) is 6.47 Å². The summed E-state index contributed by atoms with van der Waals surface area (Å²) in [7, 11) is 0. The Bertz CT molecular complexity index is 278. The van der Waals surface area contributed by atoms with Gasteiger partial charge in [-0.15, -0.1) is 0 Å². The zero-order valence-corrected chi connectivity index (χ0v) is 9.83. The average Bonchev–Trinajstić information content (AvgIpc) is 2.15. The fourth-order valence-electron chi connectivity index (χ4n) is 0.987. The van der Waals surface area contributed by atoms with E-state index in [1.165, 1.54) is 11.8 Å². The van der Waals surface area contributed by atoms with Crippen molar-refractivity contribution < 1.29 is 34.5 Å². The summed E-state index contributed by atoms with van der Waals surface area (Å²) in [6.07, 6.45) is 0. The van der Waals surface area contributed by atoms with E-state index in [1.807, 2.05) is 0 Å². The van der Waals surface area contributed by atoms with Crippen molar-refractivity contribution in [1.29, 1.82) is 0 Å². The van der Waals surface area contributed by atoms with Gasteiger partial charge in [0.05, 0.1) is 13.1 Å². The van der Waals surface area contributed by atoms with Gasteiger partial charge in [-0.1, -0.05) is 7.43 Å². The van der Waals surface area contributed by atoms with Crippen LogP contribution in [0.1, 0.15) is 14.4 Å². The molecule has 0 rings (SSSR count). The zero-order valence-electron chi connectivity index (χ0n) is 9.83. The highest BCUT2D eigenvalue weighted by Crippen LogP contribution is 1.87. The Balaban J connectivity index is -0.000000580. The first-order valence-corrected chi connectivity index (χ1v) is 4.81. The quantitative estimate of drug-likeness (QED) is 0.431. The lowest BCUT2D eigenvalue weighted by molar-refractivity contribution is -0.141. The van der Waals surface area contributed by atoms with Crippen LogP contribution in [-0.2, 0) is 19.2 Å². The Hall–Kier alpha value is -2.16. The van der Waals surface area contributed by atoms with Crippen LogP contribution in [0.3, 0.4) is 0 Å². The van der Waals surface area contributed by atoms with E-state index in [1.54, 1.807) is 0 Å². The molecule has 0 saturated carbocycles. The smallest absolute Gasteiger partial charge is 0.317 e. The molecule has 0 radical (unpaired) electrons. The lowest BCUT2D eigenvalue weighted by Crippen LogP contribution is -2.39. The summed E-state index contributed by atoms with van der Waals surface area (Å²) in [6.45, 7) is 0.796. The molecule has 0 unspecified atom stereocenters. The monoisotopic (exact) mass is 280 g/mol. The maximum absolute atomic E-state index is 10.5. The number of nitrogens with one attached hydrogen (secondary N) is 1. The van der Waals surface area contributed by atoms with Crippen molar-refractivity contribution in [3.8, 4) is 0 Å². The van der Waals surface area contributed by atoms with E-state index in [0.29, 0.717) is 0 Å². The number of carboxylic acid groups (broad SMARTS) is 3. The van der Waals surface area contributed by atoms with Gasteiger partial charge in [-0.3, -0.25) is 24.1 Å². The SMILES string of the molecule is C.CC(=O)NCCN(CC(=O)O)CC(=O)O.O=CO. The molecule has 0 aliphatic heterocycles. The van der Waals surface area contributed by atoms with Gasteiger partial charge in [0, 0.05) is 20.0 Å². The molecule has 0 bridgehead atoms. The highest BCUT2D eigenvalue weighted by molar-refractivity contribution is 5.73. The molecule has 0 fully saturated rings. The third kappa shape index (κ3) is 21.6. The van der Waals surface area contributed by atoms with E-state index in [-0.39, 0.29) is 46.0 Å². The van der Waals surface area contributed by atoms with E-state index in [2.05, 4.69) is 5.32 Å². The molecule has 0 spiro atoms. The summed E-state index contributed by atoms with van der Waals surface area (Å²) >= 11 is 0. The second-order valence-electron chi connectivity index (χ2n) is 3.09. The highest BCUT2D eigenvalue weighted by atomic mass is 16.4. The normalized spacial score (nSPS) is 8.53. The number of carbonyl (C=O) groups is 4. The third-order valence-corrected chi connectivity index (χ3v) is 1.52. The fourth-order valence-corrected chi connectivity index (χ4v) is 0.987. The third-order valence-electron chi connectivity index (χ3n) is 1.52. The number of rotatable bonds is 7. The molecule has 9 heteroatoms. The van der Waals surface area contributed by atoms with Crippen molar-refractivity contribution in [2.75, 3.05) is 26.2 Å². The topological polar surface area (TPSA) is 144 Å². The van der Waals surface area contributed by atoms with Crippen LogP contribution in [0.5, 0.6) is 0 Å². The summed E-state index contributed by atoms with van der Waals surface area (Å²) in [6, 6.07) is 0. The molecule has 0 aromatic heterocycles. The summed E-state index contributed by atoms with van der Waals surface area (Å²) in [4.78, 5) is 40.8. The van der Waals surface area contributed by atoms with Gasteiger partial charge >= 0.3 is 11.9 Å². The van der Waals surface area contributed by atoms with E-state index in [9.17, 15) is 14.4 Å². The Morgan fingerprint density at radius 3 is 1.79 bits per heavy atom. The van der Waals surface area contributed by atoms with Crippen LogP contribution in [0, 0.1) is 0 Å². The lowest BCUT2D eigenvalue weighted by Gasteiger charge is -2.17. The van der Waals surface area contributed by atoms with E-state index >= 15 is 0 Å². The molecule has 19 heavy (non-hydrogen) atoms. The predicted octanol–water partition coefficient (Wildman–Crippen LogP) is -1.07. The molecular formula is C10H20N2O7. The van der Waals surface area contributed by atoms with Crippen LogP contribution >= 0.6 is 0 Å². The number of nitrogens with zero attached hydrogens (tertiary/aromatic N) is 1. The number of amides is 1. The van der Waals surface area contributed by atoms with Crippen LogP contribution in [0.15, 0.2) is 0 Å². The van der Waals surface area contributed by atoms with Gasteiger partial charge in [-0.25, -0.2) is 0 Å². The second kappa shape index (κ2) is 13.9. The minimum Gasteiger partial charge on any atom is -0.483 e. The Morgan fingerprint density at radius 2 is 1.53 bits per heavy atom. The van der Waals surface area contributed by atoms with Gasteiger partial charge < -0.3 is 20.6 Å². The summed E-state index contributed by atoms with van der Waals surface area (Å²) in [5, 5.41) is 26.3. The first-order valence-electron chi connectivity index (χ1n) is 4.81. The Morgan fingerprint density at radius 1 is 1.16 bits per heavy atom. The standard InChI is InChI=1S/C8H14N2O5.CH2O2.CH4/c1-6(11)9-2-3-10(4-7(12)13)5-8(14)15;2-1-3;/h2-5H2,1H3,(H,9,11)(H,12,13)(H,14,15);1H,(H,2,3);1H4. The van der Waals surface area contributed by atoms with Crippen LogP contribution < -0.4 is 5.32 Å². The summed E-state index contributed by atoms with van der Waals surface area (Å²) < 4.78 is 0. The molecule has 0 saturated heterocycles. The van der Waals surface area contributed by atoms with Gasteiger partial charge in [-0.05, 0) is 0 Å². The zero-order chi connectivity index (χ0) is 14.6. The number of aliphatic carboxylic acids is 2. The number of carboxylic acids is 2. The largest absolute Gasteiger partial charge is 0.483 e. The van der Waals surface area contributed by atoms with Crippen molar-refractivity contribution in [3.63, 3.8) is 0 Å². The van der Waals surface area contributed by atoms with Gasteiger partial charge in [0.15, 0.2) is 0 Å². The maximum atomic E-state index is 10.5. The van der Waals surface area contributed by atoms with Gasteiger partial charge in [0.1, 0.15) is 0 Å². The van der Waals surface area contributed by atoms with Crippen molar-refractivity contribution in [3.05, 3.63) is 0 Å². The number of hydrogen-bond donors (Lipinski definition) is 4.